The van der Waals surface area contributed by atoms with Crippen LogP contribution in [0.3, 0.4) is 0 Å². The van der Waals surface area contributed by atoms with E-state index in [0.29, 0.717) is 19.4 Å². The Balaban J connectivity index is 1.56. The molecule has 0 saturated heterocycles. The maximum atomic E-state index is 12.3. The van der Waals surface area contributed by atoms with E-state index in [2.05, 4.69) is 16.8 Å². The van der Waals surface area contributed by atoms with Crippen molar-refractivity contribution in [2.24, 2.45) is 0 Å². The lowest BCUT2D eigenvalue weighted by Crippen LogP contribution is -2.14. The Bertz CT molecular complexity index is 912. The number of thiophene rings is 1. The van der Waals surface area contributed by atoms with E-state index < -0.39 is 0 Å². The molecule has 1 amide bonds. The number of nitrogens with zero attached hydrogens (tertiary/aromatic N) is 1. The van der Waals surface area contributed by atoms with E-state index >= 15 is 0 Å². The highest BCUT2D eigenvalue weighted by atomic mass is 32.1. The van der Waals surface area contributed by atoms with Crippen LogP contribution < -0.4 is 10.1 Å². The SMILES string of the molecule is N#CCc1ccc(OCc2ccccc2NC(=O)CCc2ccsc2)cc1. The van der Waals surface area contributed by atoms with Crippen molar-refractivity contribution in [2.45, 2.75) is 25.9 Å². The minimum Gasteiger partial charge on any atom is -0.489 e. The van der Waals surface area contributed by atoms with Crippen LogP contribution in [0, 0.1) is 11.3 Å². The van der Waals surface area contributed by atoms with Gasteiger partial charge >= 0.3 is 0 Å². The third-order valence-electron chi connectivity index (χ3n) is 4.11. The summed E-state index contributed by atoms with van der Waals surface area (Å²) < 4.78 is 5.83. The molecular formula is C22H20N2O2S. The van der Waals surface area contributed by atoms with Gasteiger partial charge in [-0.25, -0.2) is 0 Å². The van der Waals surface area contributed by atoms with Crippen molar-refractivity contribution in [1.82, 2.24) is 0 Å². The molecule has 0 aliphatic heterocycles. The predicted molar refractivity (Wildman–Crippen MR) is 108 cm³/mol. The summed E-state index contributed by atoms with van der Waals surface area (Å²) in [5.41, 5.74) is 3.84. The van der Waals surface area contributed by atoms with Gasteiger partial charge in [0.15, 0.2) is 0 Å². The number of rotatable bonds is 8. The number of aryl methyl sites for hydroxylation is 1. The van der Waals surface area contributed by atoms with Gasteiger partial charge in [0.1, 0.15) is 12.4 Å². The standard InChI is InChI=1S/C22H20N2O2S/c23-13-11-17-5-8-20(9-6-17)26-15-19-3-1-2-4-21(19)24-22(25)10-7-18-12-14-27-16-18/h1-6,8-9,12,14,16H,7,10-11,15H2,(H,24,25). The molecule has 0 spiro atoms. The van der Waals surface area contributed by atoms with Crippen molar-refractivity contribution in [3.63, 3.8) is 0 Å². The molecule has 5 heteroatoms. The number of para-hydroxylation sites is 1. The minimum absolute atomic E-state index is 0.00509. The number of nitriles is 1. The predicted octanol–water partition coefficient (Wildman–Crippen LogP) is 4.96. The second-order valence-corrected chi connectivity index (χ2v) is 6.88. The summed E-state index contributed by atoms with van der Waals surface area (Å²) in [7, 11) is 0. The van der Waals surface area contributed by atoms with Crippen molar-refractivity contribution in [2.75, 3.05) is 5.32 Å². The molecular weight excluding hydrogens is 356 g/mol. The molecule has 0 aliphatic carbocycles. The largest absolute Gasteiger partial charge is 0.489 e. The fourth-order valence-corrected chi connectivity index (χ4v) is 3.33. The van der Waals surface area contributed by atoms with E-state index in [1.807, 2.05) is 60.0 Å². The van der Waals surface area contributed by atoms with Crippen molar-refractivity contribution in [1.29, 1.82) is 5.26 Å². The van der Waals surface area contributed by atoms with Crippen LogP contribution >= 0.6 is 11.3 Å². The zero-order valence-electron chi connectivity index (χ0n) is 14.9. The molecule has 0 radical (unpaired) electrons. The molecule has 0 aliphatic rings. The van der Waals surface area contributed by atoms with Crippen LogP contribution in [-0.2, 0) is 24.2 Å². The van der Waals surface area contributed by atoms with E-state index in [0.717, 1.165) is 29.0 Å². The molecule has 0 fully saturated rings. The third kappa shape index (κ3) is 5.70. The quantitative estimate of drug-likeness (QED) is 0.604. The van der Waals surface area contributed by atoms with Crippen molar-refractivity contribution in [3.8, 4) is 11.8 Å². The number of carbonyl (C=O) groups is 1. The Kier molecular flexibility index (Phi) is 6.61. The molecule has 0 atom stereocenters. The molecule has 27 heavy (non-hydrogen) atoms. The molecule has 1 heterocycles. The molecule has 4 nitrogen and oxygen atoms in total. The number of amides is 1. The van der Waals surface area contributed by atoms with Crippen LogP contribution in [0.15, 0.2) is 65.4 Å². The van der Waals surface area contributed by atoms with Gasteiger partial charge in [-0.15, -0.1) is 0 Å². The zero-order chi connectivity index (χ0) is 18.9. The van der Waals surface area contributed by atoms with Crippen LogP contribution in [-0.4, -0.2) is 5.91 Å². The summed E-state index contributed by atoms with van der Waals surface area (Å²) >= 11 is 1.64. The molecule has 2 aromatic carbocycles. The highest BCUT2D eigenvalue weighted by Gasteiger charge is 2.08. The lowest BCUT2D eigenvalue weighted by atomic mass is 10.1. The lowest BCUT2D eigenvalue weighted by molar-refractivity contribution is -0.116. The summed E-state index contributed by atoms with van der Waals surface area (Å²) in [5.74, 6) is 0.727. The first-order valence-electron chi connectivity index (χ1n) is 8.72. The van der Waals surface area contributed by atoms with Gasteiger partial charge in [-0.2, -0.15) is 16.6 Å². The lowest BCUT2D eigenvalue weighted by Gasteiger charge is -2.12. The summed E-state index contributed by atoms with van der Waals surface area (Å²) in [5, 5.41) is 15.8. The number of nitrogens with one attached hydrogen (secondary N) is 1. The van der Waals surface area contributed by atoms with Crippen LogP contribution in [0.25, 0.3) is 0 Å². The fourth-order valence-electron chi connectivity index (χ4n) is 2.63. The second kappa shape index (κ2) is 9.56. The van der Waals surface area contributed by atoms with Gasteiger partial charge < -0.3 is 10.1 Å². The maximum absolute atomic E-state index is 12.3. The van der Waals surface area contributed by atoms with Gasteiger partial charge in [-0.3, -0.25) is 4.79 Å². The van der Waals surface area contributed by atoms with Gasteiger partial charge in [-0.1, -0.05) is 30.3 Å². The summed E-state index contributed by atoms with van der Waals surface area (Å²) in [4.78, 5) is 12.3. The Morgan fingerprint density at radius 3 is 2.63 bits per heavy atom. The average Bonchev–Trinajstić information content (AvgIpc) is 3.21. The fraction of sp³-hybridized carbons (Fsp3) is 0.182. The highest BCUT2D eigenvalue weighted by Crippen LogP contribution is 2.20. The molecule has 0 unspecified atom stereocenters. The number of benzene rings is 2. The van der Waals surface area contributed by atoms with Gasteiger partial charge in [0.2, 0.25) is 5.91 Å². The number of anilines is 1. The molecule has 136 valence electrons. The Hall–Kier alpha value is -3.10. The number of hydrogen-bond donors (Lipinski definition) is 1. The average molecular weight is 376 g/mol. The van der Waals surface area contributed by atoms with Crippen LogP contribution in [0.1, 0.15) is 23.1 Å². The summed E-state index contributed by atoms with van der Waals surface area (Å²) in [6.07, 6.45) is 1.58. The minimum atomic E-state index is -0.00509. The number of hydrogen-bond acceptors (Lipinski definition) is 4. The Morgan fingerprint density at radius 2 is 1.89 bits per heavy atom. The highest BCUT2D eigenvalue weighted by molar-refractivity contribution is 7.07. The monoisotopic (exact) mass is 376 g/mol. The molecule has 3 aromatic rings. The van der Waals surface area contributed by atoms with Gasteiger partial charge in [-0.05, 0) is 52.6 Å². The molecule has 1 N–H and O–H groups in total. The van der Waals surface area contributed by atoms with Crippen molar-refractivity contribution >= 4 is 22.9 Å². The Morgan fingerprint density at radius 1 is 1.07 bits per heavy atom. The maximum Gasteiger partial charge on any atom is 0.224 e. The van der Waals surface area contributed by atoms with E-state index in [1.54, 1.807) is 11.3 Å². The van der Waals surface area contributed by atoms with Gasteiger partial charge in [0.05, 0.1) is 12.5 Å². The first kappa shape index (κ1) is 18.7. The smallest absolute Gasteiger partial charge is 0.224 e. The topological polar surface area (TPSA) is 62.1 Å². The first-order chi connectivity index (χ1) is 13.2. The Labute approximate surface area is 163 Å². The molecule has 3 rings (SSSR count). The normalized spacial score (nSPS) is 10.2. The second-order valence-electron chi connectivity index (χ2n) is 6.10. The molecule has 1 aromatic heterocycles. The van der Waals surface area contributed by atoms with Crippen LogP contribution in [0.4, 0.5) is 5.69 Å². The van der Waals surface area contributed by atoms with Crippen LogP contribution in [0.5, 0.6) is 5.75 Å². The van der Waals surface area contributed by atoms with Crippen molar-refractivity contribution in [3.05, 3.63) is 82.0 Å². The van der Waals surface area contributed by atoms with E-state index in [9.17, 15) is 4.79 Å². The van der Waals surface area contributed by atoms with E-state index in [-0.39, 0.29) is 5.91 Å². The summed E-state index contributed by atoms with van der Waals surface area (Å²) in [6, 6.07) is 19.3. The van der Waals surface area contributed by atoms with Crippen molar-refractivity contribution < 1.29 is 9.53 Å². The third-order valence-corrected chi connectivity index (χ3v) is 4.85. The summed E-state index contributed by atoms with van der Waals surface area (Å²) in [6.45, 7) is 0.360. The van der Waals surface area contributed by atoms with E-state index in [1.165, 1.54) is 5.56 Å². The van der Waals surface area contributed by atoms with Gasteiger partial charge in [0, 0.05) is 17.7 Å². The molecule has 0 bridgehead atoms. The number of carbonyl (C=O) groups excluding carboxylic acids is 1. The number of ether oxygens (including phenoxy) is 1. The van der Waals surface area contributed by atoms with E-state index in [4.69, 9.17) is 10.00 Å². The first-order valence-corrected chi connectivity index (χ1v) is 9.66. The zero-order valence-corrected chi connectivity index (χ0v) is 15.7. The molecule has 0 saturated carbocycles. The van der Waals surface area contributed by atoms with Gasteiger partial charge in [0.25, 0.3) is 0 Å². The van der Waals surface area contributed by atoms with Crippen LogP contribution in [0.2, 0.25) is 0 Å².